The van der Waals surface area contributed by atoms with Crippen molar-refractivity contribution in [2.45, 2.75) is 19.3 Å². The fourth-order valence-corrected chi connectivity index (χ4v) is 7.68. The lowest BCUT2D eigenvalue weighted by Gasteiger charge is -2.42. The molecule has 0 fully saturated rings. The normalized spacial score (nSPS) is 13.3. The van der Waals surface area contributed by atoms with Gasteiger partial charge < -0.3 is 9.80 Å². The summed E-state index contributed by atoms with van der Waals surface area (Å²) in [5.41, 5.74) is 12.0. The van der Waals surface area contributed by atoms with Crippen LogP contribution in [0.3, 0.4) is 0 Å². The molecule has 0 N–H and O–H groups in total. The molecule has 9 rings (SSSR count). The number of hydrogen-bond donors (Lipinski definition) is 0. The Morgan fingerprint density at radius 1 is 0.451 bits per heavy atom. The van der Waals surface area contributed by atoms with E-state index in [0.29, 0.717) is 0 Å². The molecule has 1 aliphatic heterocycles. The first-order valence-electron chi connectivity index (χ1n) is 17.7. The van der Waals surface area contributed by atoms with Crippen LogP contribution in [0.1, 0.15) is 30.5 Å². The van der Waals surface area contributed by atoms with Crippen LogP contribution >= 0.6 is 0 Å². The van der Waals surface area contributed by atoms with Gasteiger partial charge in [-0.1, -0.05) is 129 Å². The number of nitrogens with zero attached hydrogens (tertiary/aromatic N) is 2. The number of anilines is 5. The Kier molecular flexibility index (Phi) is 7.51. The minimum Gasteiger partial charge on any atom is -0.317 e. The van der Waals surface area contributed by atoms with Crippen LogP contribution in [0.5, 0.6) is 0 Å². The number of para-hydroxylation sites is 3. The lowest BCUT2D eigenvalue weighted by atomic mass is 9.73. The molecule has 244 valence electrons. The molecule has 0 radical (unpaired) electrons. The highest BCUT2D eigenvalue weighted by molar-refractivity contribution is 5.94. The van der Waals surface area contributed by atoms with Crippen LogP contribution in [0.2, 0.25) is 0 Å². The third-order valence-electron chi connectivity index (χ3n) is 10.4. The summed E-state index contributed by atoms with van der Waals surface area (Å²) in [4.78, 5) is 4.67. The van der Waals surface area contributed by atoms with Crippen molar-refractivity contribution >= 4 is 56.1 Å². The SMILES string of the molecule is CC1(C)c2ccccc2N(c2ccc3ccccc3c2)c2ccc(-c3ccc4cc(/C=C/N(c5ccccc5)c5ccccc5)ccc4c3)cc21. The summed E-state index contributed by atoms with van der Waals surface area (Å²) in [7, 11) is 0. The van der Waals surface area contributed by atoms with Gasteiger partial charge in [0, 0.05) is 28.7 Å². The maximum Gasteiger partial charge on any atom is 0.0503 e. The Morgan fingerprint density at radius 2 is 1.02 bits per heavy atom. The summed E-state index contributed by atoms with van der Waals surface area (Å²) in [5, 5.41) is 4.95. The van der Waals surface area contributed by atoms with Gasteiger partial charge in [-0.2, -0.15) is 0 Å². The Labute approximate surface area is 300 Å². The zero-order valence-corrected chi connectivity index (χ0v) is 28.9. The summed E-state index contributed by atoms with van der Waals surface area (Å²) < 4.78 is 0. The van der Waals surface area contributed by atoms with Crippen LogP contribution in [-0.4, -0.2) is 0 Å². The van der Waals surface area contributed by atoms with E-state index in [1.54, 1.807) is 0 Å². The molecular formula is C49H38N2. The lowest BCUT2D eigenvalue weighted by molar-refractivity contribution is 0.632. The van der Waals surface area contributed by atoms with E-state index in [9.17, 15) is 0 Å². The van der Waals surface area contributed by atoms with E-state index in [0.717, 1.165) is 16.9 Å². The van der Waals surface area contributed by atoms with Crippen LogP contribution in [0.4, 0.5) is 28.4 Å². The molecule has 0 bridgehead atoms. The number of benzene rings is 8. The Bertz CT molecular complexity index is 2530. The Hall–Kier alpha value is -6.38. The van der Waals surface area contributed by atoms with Crippen molar-refractivity contribution in [2.75, 3.05) is 9.80 Å². The monoisotopic (exact) mass is 654 g/mol. The Balaban J connectivity index is 1.07. The van der Waals surface area contributed by atoms with E-state index in [4.69, 9.17) is 0 Å². The molecule has 2 heteroatoms. The number of hydrogen-bond acceptors (Lipinski definition) is 2. The summed E-state index contributed by atoms with van der Waals surface area (Å²) in [6.07, 6.45) is 4.35. The molecule has 51 heavy (non-hydrogen) atoms. The quantitative estimate of drug-likeness (QED) is 0.176. The summed E-state index contributed by atoms with van der Waals surface area (Å²) in [5.74, 6) is 0. The molecule has 0 unspecified atom stereocenters. The average Bonchev–Trinajstić information content (AvgIpc) is 3.18. The van der Waals surface area contributed by atoms with Crippen molar-refractivity contribution in [2.24, 2.45) is 0 Å². The van der Waals surface area contributed by atoms with E-state index >= 15 is 0 Å². The molecule has 0 saturated carbocycles. The zero-order valence-electron chi connectivity index (χ0n) is 28.9. The van der Waals surface area contributed by atoms with E-state index in [1.165, 1.54) is 60.9 Å². The largest absolute Gasteiger partial charge is 0.317 e. The van der Waals surface area contributed by atoms with Crippen molar-refractivity contribution in [3.8, 4) is 11.1 Å². The van der Waals surface area contributed by atoms with E-state index in [2.05, 4.69) is 218 Å². The van der Waals surface area contributed by atoms with Crippen LogP contribution < -0.4 is 9.80 Å². The highest BCUT2D eigenvalue weighted by Gasteiger charge is 2.37. The average molecular weight is 655 g/mol. The minimum atomic E-state index is -0.166. The molecule has 0 spiro atoms. The molecule has 1 heterocycles. The van der Waals surface area contributed by atoms with Gasteiger partial charge in [-0.05, 0) is 122 Å². The second-order valence-corrected chi connectivity index (χ2v) is 13.9. The van der Waals surface area contributed by atoms with E-state index in [1.807, 2.05) is 0 Å². The minimum absolute atomic E-state index is 0.166. The summed E-state index contributed by atoms with van der Waals surface area (Å²) >= 11 is 0. The maximum atomic E-state index is 2.44. The van der Waals surface area contributed by atoms with Gasteiger partial charge in [0.25, 0.3) is 0 Å². The molecule has 0 atom stereocenters. The van der Waals surface area contributed by atoms with E-state index in [-0.39, 0.29) is 5.41 Å². The van der Waals surface area contributed by atoms with Crippen LogP contribution in [0.25, 0.3) is 38.7 Å². The second-order valence-electron chi connectivity index (χ2n) is 13.9. The third-order valence-corrected chi connectivity index (χ3v) is 10.4. The third kappa shape index (κ3) is 5.56. The molecular weight excluding hydrogens is 617 g/mol. The van der Waals surface area contributed by atoms with Gasteiger partial charge in [-0.15, -0.1) is 0 Å². The first-order valence-corrected chi connectivity index (χ1v) is 17.7. The summed E-state index contributed by atoms with van der Waals surface area (Å²) in [6, 6.07) is 65.9. The number of rotatable bonds is 6. The fraction of sp³-hybridized carbons (Fsp3) is 0.0612. The highest BCUT2D eigenvalue weighted by Crippen LogP contribution is 2.52. The standard InChI is InChI=1S/C49H38N2/c1-49(2)45-19-11-12-20-47(45)51(44-27-25-36-13-9-10-14-37(36)33-44)48-28-26-41(34-46(48)49)40-24-23-38-31-35(21-22-39(38)32-40)29-30-50(42-15-5-3-6-16-42)43-17-7-4-8-18-43/h3-34H,1-2H3/b30-29+. The van der Waals surface area contributed by atoms with Gasteiger partial charge in [-0.25, -0.2) is 0 Å². The van der Waals surface area contributed by atoms with Crippen molar-refractivity contribution in [3.63, 3.8) is 0 Å². The van der Waals surface area contributed by atoms with Gasteiger partial charge >= 0.3 is 0 Å². The van der Waals surface area contributed by atoms with Crippen LogP contribution in [-0.2, 0) is 5.41 Å². The molecule has 0 aliphatic carbocycles. The van der Waals surface area contributed by atoms with Gasteiger partial charge in [0.15, 0.2) is 0 Å². The summed E-state index contributed by atoms with van der Waals surface area (Å²) in [6.45, 7) is 4.72. The van der Waals surface area contributed by atoms with Gasteiger partial charge in [0.05, 0.1) is 11.4 Å². The smallest absolute Gasteiger partial charge is 0.0503 e. The van der Waals surface area contributed by atoms with E-state index < -0.39 is 0 Å². The molecule has 1 aliphatic rings. The van der Waals surface area contributed by atoms with Crippen molar-refractivity contribution in [1.82, 2.24) is 0 Å². The molecule has 0 amide bonds. The second kappa shape index (κ2) is 12.5. The Morgan fingerprint density at radius 3 is 1.80 bits per heavy atom. The first kappa shape index (κ1) is 30.7. The molecule has 2 nitrogen and oxygen atoms in total. The number of fused-ring (bicyclic) bond motifs is 4. The van der Waals surface area contributed by atoms with Crippen LogP contribution in [0, 0.1) is 0 Å². The van der Waals surface area contributed by atoms with Crippen molar-refractivity contribution in [3.05, 3.63) is 205 Å². The molecule has 8 aromatic rings. The maximum absolute atomic E-state index is 2.44. The van der Waals surface area contributed by atoms with Crippen molar-refractivity contribution < 1.29 is 0 Å². The predicted molar refractivity (Wildman–Crippen MR) is 218 cm³/mol. The van der Waals surface area contributed by atoms with Gasteiger partial charge in [0.1, 0.15) is 0 Å². The zero-order chi connectivity index (χ0) is 34.4. The molecule has 0 aromatic heterocycles. The van der Waals surface area contributed by atoms with Gasteiger partial charge in [0.2, 0.25) is 0 Å². The highest BCUT2D eigenvalue weighted by atomic mass is 15.2. The first-order chi connectivity index (χ1) is 25.0. The lowest BCUT2D eigenvalue weighted by Crippen LogP contribution is -2.30. The van der Waals surface area contributed by atoms with Crippen LogP contribution in [0.15, 0.2) is 188 Å². The van der Waals surface area contributed by atoms with Gasteiger partial charge in [-0.3, -0.25) is 0 Å². The molecule has 0 saturated heterocycles. The van der Waals surface area contributed by atoms with Crippen molar-refractivity contribution in [1.29, 1.82) is 0 Å². The molecule has 8 aromatic carbocycles. The fourth-order valence-electron chi connectivity index (χ4n) is 7.68. The topological polar surface area (TPSA) is 6.48 Å². The predicted octanol–water partition coefficient (Wildman–Crippen LogP) is 13.6.